The Kier molecular flexibility index (Phi) is 3.54. The van der Waals surface area contributed by atoms with Gasteiger partial charge in [-0.25, -0.2) is 4.98 Å². The molecule has 0 spiro atoms. The van der Waals surface area contributed by atoms with Gasteiger partial charge in [-0.3, -0.25) is 0 Å². The van der Waals surface area contributed by atoms with E-state index in [2.05, 4.69) is 23.3 Å². The van der Waals surface area contributed by atoms with Gasteiger partial charge in [0, 0.05) is 23.7 Å². The number of nitrogens with zero attached hydrogens (tertiary/aromatic N) is 1. The highest BCUT2D eigenvalue weighted by atomic mass is 16.3. The van der Waals surface area contributed by atoms with Crippen LogP contribution in [0, 0.1) is 0 Å². The summed E-state index contributed by atoms with van der Waals surface area (Å²) in [5.41, 5.74) is 2.07. The van der Waals surface area contributed by atoms with Gasteiger partial charge in [0.25, 0.3) is 0 Å². The van der Waals surface area contributed by atoms with Crippen LogP contribution >= 0.6 is 0 Å². The predicted molar refractivity (Wildman–Crippen MR) is 77.4 cm³/mol. The Labute approximate surface area is 117 Å². The first-order valence-electron chi connectivity index (χ1n) is 6.59. The molecular weight excluding hydrogens is 252 g/mol. The molecule has 1 atom stereocenters. The van der Waals surface area contributed by atoms with Gasteiger partial charge >= 0.3 is 0 Å². The Morgan fingerprint density at radius 2 is 2.15 bits per heavy atom. The van der Waals surface area contributed by atoms with E-state index in [1.54, 1.807) is 12.5 Å². The van der Waals surface area contributed by atoms with E-state index in [1.807, 2.05) is 30.3 Å². The Morgan fingerprint density at radius 3 is 2.90 bits per heavy atom. The average Bonchev–Trinajstić information content (AvgIpc) is 3.11. The molecule has 3 rings (SSSR count). The lowest BCUT2D eigenvalue weighted by Gasteiger charge is -2.14. The topological polar surface area (TPSA) is 51.2 Å². The molecule has 20 heavy (non-hydrogen) atoms. The highest BCUT2D eigenvalue weighted by Crippen LogP contribution is 2.22. The molecule has 0 aliphatic heterocycles. The van der Waals surface area contributed by atoms with E-state index >= 15 is 0 Å². The van der Waals surface area contributed by atoms with Gasteiger partial charge in [0.2, 0.25) is 0 Å². The first kappa shape index (κ1) is 12.5. The first-order valence-corrected chi connectivity index (χ1v) is 6.59. The molecule has 0 radical (unpaired) electrons. The van der Waals surface area contributed by atoms with Crippen LogP contribution in [0.1, 0.15) is 12.7 Å². The monoisotopic (exact) mass is 268 g/mol. The van der Waals surface area contributed by atoms with Crippen molar-refractivity contribution in [1.29, 1.82) is 0 Å². The molecule has 102 valence electrons. The smallest absolute Gasteiger partial charge is 0.181 e. The van der Waals surface area contributed by atoms with Crippen molar-refractivity contribution in [2.45, 2.75) is 19.4 Å². The summed E-state index contributed by atoms with van der Waals surface area (Å²) in [6.07, 6.45) is 5.70. The minimum atomic E-state index is 0.283. The van der Waals surface area contributed by atoms with Crippen LogP contribution in [-0.4, -0.2) is 11.0 Å². The number of aromatic nitrogens is 1. The predicted octanol–water partition coefficient (Wildman–Crippen LogP) is 3.98. The molecule has 3 aromatic rings. The molecule has 0 saturated carbocycles. The number of hydrogen-bond acceptors (Lipinski definition) is 4. The SMILES string of the molecule is CC(Cc1ccco1)Nc1cccc(-c2cnco2)c1. The molecule has 0 bridgehead atoms. The quantitative estimate of drug-likeness (QED) is 0.760. The van der Waals surface area contributed by atoms with Crippen molar-refractivity contribution in [3.05, 3.63) is 61.0 Å². The molecule has 1 unspecified atom stereocenters. The van der Waals surface area contributed by atoms with Crippen molar-refractivity contribution in [3.8, 4) is 11.3 Å². The summed E-state index contributed by atoms with van der Waals surface area (Å²) in [6.45, 7) is 2.13. The molecule has 0 fully saturated rings. The summed E-state index contributed by atoms with van der Waals surface area (Å²) in [5, 5.41) is 3.46. The molecule has 0 amide bonds. The van der Waals surface area contributed by atoms with Crippen molar-refractivity contribution in [1.82, 2.24) is 4.98 Å². The third-order valence-corrected chi connectivity index (χ3v) is 3.08. The van der Waals surface area contributed by atoms with Crippen molar-refractivity contribution >= 4 is 5.69 Å². The highest BCUT2D eigenvalue weighted by molar-refractivity contribution is 5.63. The van der Waals surface area contributed by atoms with Gasteiger partial charge in [-0.1, -0.05) is 12.1 Å². The summed E-state index contributed by atoms with van der Waals surface area (Å²) < 4.78 is 10.7. The van der Waals surface area contributed by atoms with Gasteiger partial charge in [0.1, 0.15) is 5.76 Å². The molecule has 1 N–H and O–H groups in total. The second-order valence-electron chi connectivity index (χ2n) is 4.78. The van der Waals surface area contributed by atoms with Gasteiger partial charge in [-0.2, -0.15) is 0 Å². The fourth-order valence-electron chi connectivity index (χ4n) is 2.19. The number of hydrogen-bond donors (Lipinski definition) is 1. The second kappa shape index (κ2) is 5.65. The van der Waals surface area contributed by atoms with Gasteiger partial charge in [-0.15, -0.1) is 0 Å². The maximum Gasteiger partial charge on any atom is 0.181 e. The zero-order chi connectivity index (χ0) is 13.8. The van der Waals surface area contributed by atoms with Crippen LogP contribution in [0.2, 0.25) is 0 Å². The molecule has 0 aliphatic carbocycles. The van der Waals surface area contributed by atoms with Crippen molar-refractivity contribution in [2.24, 2.45) is 0 Å². The lowest BCUT2D eigenvalue weighted by atomic mass is 10.1. The highest BCUT2D eigenvalue weighted by Gasteiger charge is 2.07. The van der Waals surface area contributed by atoms with E-state index in [1.165, 1.54) is 6.39 Å². The summed E-state index contributed by atoms with van der Waals surface area (Å²) in [7, 11) is 0. The van der Waals surface area contributed by atoms with Crippen LogP contribution in [0.25, 0.3) is 11.3 Å². The Hall–Kier alpha value is -2.49. The molecule has 4 heteroatoms. The number of benzene rings is 1. The fourth-order valence-corrected chi connectivity index (χ4v) is 2.19. The van der Waals surface area contributed by atoms with Crippen molar-refractivity contribution < 1.29 is 8.83 Å². The average molecular weight is 268 g/mol. The largest absolute Gasteiger partial charge is 0.469 e. The number of nitrogens with one attached hydrogen (secondary N) is 1. The third kappa shape index (κ3) is 2.91. The summed E-state index contributed by atoms with van der Waals surface area (Å²) in [6, 6.07) is 12.3. The van der Waals surface area contributed by atoms with Crippen molar-refractivity contribution in [3.63, 3.8) is 0 Å². The number of oxazole rings is 1. The minimum Gasteiger partial charge on any atom is -0.469 e. The molecule has 1 aromatic carbocycles. The fraction of sp³-hybridized carbons (Fsp3) is 0.188. The Balaban J connectivity index is 1.70. The maximum atomic E-state index is 5.36. The Morgan fingerprint density at radius 1 is 1.20 bits per heavy atom. The van der Waals surface area contributed by atoms with Crippen LogP contribution in [-0.2, 0) is 6.42 Å². The van der Waals surface area contributed by atoms with E-state index in [9.17, 15) is 0 Å². The standard InChI is InChI=1S/C16H16N2O2/c1-12(8-15-6-3-7-19-15)18-14-5-2-4-13(9-14)16-10-17-11-20-16/h2-7,9-12,18H,8H2,1H3. The van der Waals surface area contributed by atoms with Gasteiger partial charge in [-0.05, 0) is 31.2 Å². The number of rotatable bonds is 5. The number of anilines is 1. The molecular formula is C16H16N2O2. The summed E-state index contributed by atoms with van der Waals surface area (Å²) in [5.74, 6) is 1.75. The van der Waals surface area contributed by atoms with Crippen LogP contribution in [0.5, 0.6) is 0 Å². The van der Waals surface area contributed by atoms with E-state index in [0.717, 1.165) is 29.2 Å². The molecule has 0 saturated heterocycles. The number of furan rings is 1. The molecule has 0 aliphatic rings. The zero-order valence-electron chi connectivity index (χ0n) is 11.2. The van der Waals surface area contributed by atoms with Crippen LogP contribution in [0.3, 0.4) is 0 Å². The summed E-state index contributed by atoms with van der Waals surface area (Å²) >= 11 is 0. The van der Waals surface area contributed by atoms with E-state index in [-0.39, 0.29) is 6.04 Å². The summed E-state index contributed by atoms with van der Waals surface area (Å²) in [4.78, 5) is 3.94. The molecule has 2 aromatic heterocycles. The van der Waals surface area contributed by atoms with Gasteiger partial charge in [0.15, 0.2) is 12.2 Å². The molecule has 2 heterocycles. The van der Waals surface area contributed by atoms with Crippen LogP contribution < -0.4 is 5.32 Å². The lowest BCUT2D eigenvalue weighted by molar-refractivity contribution is 0.498. The minimum absolute atomic E-state index is 0.283. The van der Waals surface area contributed by atoms with E-state index in [0.29, 0.717) is 0 Å². The second-order valence-corrected chi connectivity index (χ2v) is 4.78. The molecule has 4 nitrogen and oxygen atoms in total. The van der Waals surface area contributed by atoms with Gasteiger partial charge < -0.3 is 14.2 Å². The normalized spacial score (nSPS) is 12.2. The first-order chi connectivity index (χ1) is 9.81. The van der Waals surface area contributed by atoms with Crippen LogP contribution in [0.4, 0.5) is 5.69 Å². The lowest BCUT2D eigenvalue weighted by Crippen LogP contribution is -2.17. The third-order valence-electron chi connectivity index (χ3n) is 3.08. The van der Waals surface area contributed by atoms with E-state index in [4.69, 9.17) is 8.83 Å². The zero-order valence-corrected chi connectivity index (χ0v) is 11.2. The maximum absolute atomic E-state index is 5.36. The Bertz CT molecular complexity index is 645. The van der Waals surface area contributed by atoms with E-state index < -0.39 is 0 Å². The van der Waals surface area contributed by atoms with Gasteiger partial charge in [0.05, 0.1) is 12.5 Å². The van der Waals surface area contributed by atoms with Crippen LogP contribution in [0.15, 0.2) is 64.1 Å². The van der Waals surface area contributed by atoms with Crippen molar-refractivity contribution in [2.75, 3.05) is 5.32 Å².